The minimum Gasteiger partial charge on any atom is -0.384 e. The number of benzene rings is 1. The minimum absolute atomic E-state index is 0.246. The van der Waals surface area contributed by atoms with E-state index in [9.17, 15) is 0 Å². The standard InChI is InChI=1S/C19H32N4O/c1-2-8-17(9-3-1)21-13-12-20-11-5-7-15-24-19-16-18-10-4-6-14-23(18)22-19/h1-3,8-9,18-22H,4-7,10-16H2. The van der Waals surface area contributed by atoms with Gasteiger partial charge >= 0.3 is 0 Å². The van der Waals surface area contributed by atoms with Crippen molar-refractivity contribution >= 4 is 5.69 Å². The zero-order chi connectivity index (χ0) is 16.5. The quantitative estimate of drug-likeness (QED) is 0.575. The molecule has 1 aromatic rings. The number of rotatable bonds is 10. The van der Waals surface area contributed by atoms with Gasteiger partial charge in [0.05, 0.1) is 0 Å². The SMILES string of the molecule is c1ccc(NCCNCCCCOC2CC3CCCCN3N2)cc1. The Labute approximate surface area is 146 Å². The first-order valence-electron chi connectivity index (χ1n) is 9.56. The summed E-state index contributed by atoms with van der Waals surface area (Å²) in [5.41, 5.74) is 4.70. The van der Waals surface area contributed by atoms with Crippen molar-refractivity contribution in [3.8, 4) is 0 Å². The topological polar surface area (TPSA) is 48.6 Å². The van der Waals surface area contributed by atoms with Gasteiger partial charge in [0, 0.05) is 44.4 Å². The highest BCUT2D eigenvalue weighted by molar-refractivity contribution is 5.42. The lowest BCUT2D eigenvalue weighted by Crippen LogP contribution is -2.42. The Kier molecular flexibility index (Phi) is 7.36. The molecule has 0 bridgehead atoms. The van der Waals surface area contributed by atoms with E-state index in [0.29, 0.717) is 6.04 Å². The van der Waals surface area contributed by atoms with Gasteiger partial charge in [-0.25, -0.2) is 10.4 Å². The average Bonchev–Trinajstić information content (AvgIpc) is 3.04. The number of unbranched alkanes of at least 4 members (excludes halogenated alkanes) is 1. The van der Waals surface area contributed by atoms with Gasteiger partial charge < -0.3 is 15.4 Å². The van der Waals surface area contributed by atoms with Crippen molar-refractivity contribution in [2.24, 2.45) is 0 Å². The maximum atomic E-state index is 5.99. The third kappa shape index (κ3) is 5.74. The summed E-state index contributed by atoms with van der Waals surface area (Å²) in [6.45, 7) is 5.07. The van der Waals surface area contributed by atoms with Gasteiger partial charge in [-0.1, -0.05) is 24.6 Å². The van der Waals surface area contributed by atoms with Crippen molar-refractivity contribution in [3.05, 3.63) is 30.3 Å². The number of piperidine rings is 1. The van der Waals surface area contributed by atoms with Crippen LogP contribution in [0.5, 0.6) is 0 Å². The zero-order valence-corrected chi connectivity index (χ0v) is 14.7. The molecule has 0 saturated carbocycles. The molecule has 2 fully saturated rings. The van der Waals surface area contributed by atoms with E-state index in [1.54, 1.807) is 0 Å². The van der Waals surface area contributed by atoms with E-state index < -0.39 is 0 Å². The van der Waals surface area contributed by atoms with E-state index in [2.05, 4.69) is 45.3 Å². The fourth-order valence-electron chi connectivity index (χ4n) is 3.56. The first kappa shape index (κ1) is 17.7. The second kappa shape index (κ2) is 9.99. The van der Waals surface area contributed by atoms with Crippen molar-refractivity contribution in [1.82, 2.24) is 15.8 Å². The molecule has 0 spiro atoms. The van der Waals surface area contributed by atoms with Crippen LogP contribution >= 0.6 is 0 Å². The Hall–Kier alpha value is -1.14. The van der Waals surface area contributed by atoms with Crippen molar-refractivity contribution in [3.63, 3.8) is 0 Å². The average molecular weight is 332 g/mol. The van der Waals surface area contributed by atoms with Crippen LogP contribution in [0.2, 0.25) is 0 Å². The van der Waals surface area contributed by atoms with Crippen LogP contribution in [0.15, 0.2) is 30.3 Å². The smallest absolute Gasteiger partial charge is 0.122 e. The van der Waals surface area contributed by atoms with Crippen molar-refractivity contribution in [1.29, 1.82) is 0 Å². The molecule has 3 rings (SSSR count). The summed E-state index contributed by atoms with van der Waals surface area (Å²) >= 11 is 0. The molecule has 5 heteroatoms. The summed E-state index contributed by atoms with van der Waals surface area (Å²) in [6.07, 6.45) is 7.72. The molecule has 1 aromatic carbocycles. The molecule has 2 atom stereocenters. The molecule has 24 heavy (non-hydrogen) atoms. The minimum atomic E-state index is 0.246. The molecule has 2 aliphatic heterocycles. The van der Waals surface area contributed by atoms with Gasteiger partial charge in [0.15, 0.2) is 0 Å². The third-order valence-electron chi connectivity index (χ3n) is 4.89. The molecule has 2 saturated heterocycles. The van der Waals surface area contributed by atoms with Crippen LogP contribution in [0.25, 0.3) is 0 Å². The third-order valence-corrected chi connectivity index (χ3v) is 4.89. The van der Waals surface area contributed by atoms with Crippen LogP contribution in [0.1, 0.15) is 38.5 Å². The van der Waals surface area contributed by atoms with Gasteiger partial charge in [0.25, 0.3) is 0 Å². The Balaban J connectivity index is 1.13. The Morgan fingerprint density at radius 1 is 1.08 bits per heavy atom. The lowest BCUT2D eigenvalue weighted by molar-refractivity contribution is 0.0133. The predicted octanol–water partition coefficient (Wildman–Crippen LogP) is 2.57. The van der Waals surface area contributed by atoms with Crippen LogP contribution in [0.3, 0.4) is 0 Å². The van der Waals surface area contributed by atoms with Crippen molar-refractivity contribution in [2.75, 3.05) is 38.1 Å². The molecular weight excluding hydrogens is 300 g/mol. The van der Waals surface area contributed by atoms with Crippen LogP contribution in [-0.2, 0) is 4.74 Å². The molecular formula is C19H32N4O. The number of nitrogens with one attached hydrogen (secondary N) is 3. The number of fused-ring (bicyclic) bond motifs is 1. The fourth-order valence-corrected chi connectivity index (χ4v) is 3.56. The second-order valence-corrected chi connectivity index (χ2v) is 6.82. The van der Waals surface area contributed by atoms with Crippen LogP contribution in [-0.4, -0.2) is 50.1 Å². The molecule has 3 N–H and O–H groups in total. The van der Waals surface area contributed by atoms with Gasteiger partial charge in [-0.3, -0.25) is 0 Å². The highest BCUT2D eigenvalue weighted by atomic mass is 16.5. The van der Waals surface area contributed by atoms with E-state index in [4.69, 9.17) is 4.74 Å². The number of hydrogen-bond donors (Lipinski definition) is 3. The summed E-state index contributed by atoms with van der Waals surface area (Å²) in [4.78, 5) is 0. The lowest BCUT2D eigenvalue weighted by atomic mass is 10.0. The maximum absolute atomic E-state index is 5.99. The molecule has 134 valence electrons. The molecule has 0 aliphatic carbocycles. The van der Waals surface area contributed by atoms with Gasteiger partial charge in [0.1, 0.15) is 6.23 Å². The molecule has 2 aliphatic rings. The summed E-state index contributed by atoms with van der Waals surface area (Å²) < 4.78 is 5.99. The van der Waals surface area contributed by atoms with Crippen LogP contribution < -0.4 is 16.1 Å². The van der Waals surface area contributed by atoms with E-state index >= 15 is 0 Å². The largest absolute Gasteiger partial charge is 0.384 e. The fraction of sp³-hybridized carbons (Fsp3) is 0.684. The Bertz CT molecular complexity index is 442. The summed E-state index contributed by atoms with van der Waals surface area (Å²) in [5.74, 6) is 0. The first-order chi connectivity index (χ1) is 11.9. The first-order valence-corrected chi connectivity index (χ1v) is 9.56. The van der Waals surface area contributed by atoms with E-state index in [0.717, 1.165) is 39.1 Å². The van der Waals surface area contributed by atoms with Gasteiger partial charge in [0.2, 0.25) is 0 Å². The molecule has 0 radical (unpaired) electrons. The number of hydrogen-bond acceptors (Lipinski definition) is 5. The van der Waals surface area contributed by atoms with Crippen molar-refractivity contribution in [2.45, 2.75) is 50.8 Å². The zero-order valence-electron chi connectivity index (χ0n) is 14.7. The maximum Gasteiger partial charge on any atom is 0.122 e. The van der Waals surface area contributed by atoms with Gasteiger partial charge in [-0.2, -0.15) is 0 Å². The highest BCUT2D eigenvalue weighted by Gasteiger charge is 2.33. The lowest BCUT2D eigenvalue weighted by Gasteiger charge is -2.28. The summed E-state index contributed by atoms with van der Waals surface area (Å²) in [7, 11) is 0. The van der Waals surface area contributed by atoms with Crippen LogP contribution in [0, 0.1) is 0 Å². The number of anilines is 1. The molecule has 2 unspecified atom stereocenters. The summed E-state index contributed by atoms with van der Waals surface area (Å²) in [6, 6.07) is 11.1. The highest BCUT2D eigenvalue weighted by Crippen LogP contribution is 2.25. The second-order valence-electron chi connectivity index (χ2n) is 6.82. The number of para-hydroxylation sites is 1. The normalized spacial score (nSPS) is 24.0. The van der Waals surface area contributed by atoms with Crippen molar-refractivity contribution < 1.29 is 4.74 Å². The number of ether oxygens (including phenoxy) is 1. The molecule has 2 heterocycles. The van der Waals surface area contributed by atoms with Gasteiger partial charge in [-0.05, 0) is 44.4 Å². The van der Waals surface area contributed by atoms with Crippen LogP contribution in [0.4, 0.5) is 5.69 Å². The summed E-state index contributed by atoms with van der Waals surface area (Å²) in [5, 5.41) is 9.29. The molecule has 5 nitrogen and oxygen atoms in total. The Morgan fingerprint density at radius 3 is 2.88 bits per heavy atom. The number of hydrazine groups is 1. The van der Waals surface area contributed by atoms with Gasteiger partial charge in [-0.15, -0.1) is 0 Å². The monoisotopic (exact) mass is 332 g/mol. The van der Waals surface area contributed by atoms with E-state index in [1.807, 2.05) is 6.07 Å². The molecule has 0 aromatic heterocycles. The predicted molar refractivity (Wildman–Crippen MR) is 98.9 cm³/mol. The van der Waals surface area contributed by atoms with E-state index in [-0.39, 0.29) is 6.23 Å². The molecule has 0 amide bonds. The van der Waals surface area contributed by atoms with E-state index in [1.165, 1.54) is 37.9 Å². The number of nitrogens with zero attached hydrogens (tertiary/aromatic N) is 1. The Morgan fingerprint density at radius 2 is 2.00 bits per heavy atom.